The summed E-state index contributed by atoms with van der Waals surface area (Å²) in [5.41, 5.74) is 7.78. The molecule has 2 bridgehead atoms. The monoisotopic (exact) mass is 392 g/mol. The lowest BCUT2D eigenvalue weighted by Gasteiger charge is -2.27. The first-order valence-corrected chi connectivity index (χ1v) is 10.3. The average molecular weight is 392 g/mol. The highest BCUT2D eigenvalue weighted by molar-refractivity contribution is 7.12. The van der Waals surface area contributed by atoms with Crippen LogP contribution in [0.25, 0.3) is 11.4 Å². The van der Waals surface area contributed by atoms with E-state index in [4.69, 9.17) is 5.73 Å². The summed E-state index contributed by atoms with van der Waals surface area (Å²) in [7, 11) is 0. The second-order valence-corrected chi connectivity index (χ2v) is 8.30. The molecule has 2 N–H and O–H groups in total. The van der Waals surface area contributed by atoms with Gasteiger partial charge in [-0.1, -0.05) is 36.4 Å². The molecule has 6 nitrogen and oxygen atoms in total. The third-order valence-corrected chi connectivity index (χ3v) is 6.60. The Hall–Kier alpha value is -2.93. The van der Waals surface area contributed by atoms with Gasteiger partial charge in [-0.05, 0) is 24.3 Å². The molecule has 2 amide bonds. The predicted octanol–water partition coefficient (Wildman–Crippen LogP) is 2.94. The first-order chi connectivity index (χ1) is 13.6. The van der Waals surface area contributed by atoms with Crippen molar-refractivity contribution in [3.8, 4) is 11.4 Å². The van der Waals surface area contributed by atoms with Crippen molar-refractivity contribution in [2.75, 3.05) is 0 Å². The van der Waals surface area contributed by atoms with E-state index >= 15 is 0 Å². The van der Waals surface area contributed by atoms with Crippen LogP contribution in [0.1, 0.15) is 38.7 Å². The highest BCUT2D eigenvalue weighted by atomic mass is 32.1. The number of amides is 2. The van der Waals surface area contributed by atoms with Gasteiger partial charge in [0.2, 0.25) is 0 Å². The molecule has 2 aliphatic heterocycles. The van der Waals surface area contributed by atoms with E-state index in [-0.39, 0.29) is 18.0 Å². The van der Waals surface area contributed by atoms with Gasteiger partial charge in [0, 0.05) is 24.6 Å². The number of benzene rings is 1. The number of fused-ring (bicyclic) bond motifs is 3. The summed E-state index contributed by atoms with van der Waals surface area (Å²) in [4.78, 5) is 32.6. The van der Waals surface area contributed by atoms with Crippen molar-refractivity contribution in [3.63, 3.8) is 0 Å². The summed E-state index contributed by atoms with van der Waals surface area (Å²) in [6.45, 7) is 0.632. The zero-order valence-corrected chi connectivity index (χ0v) is 16.1. The highest BCUT2D eigenvalue weighted by Crippen LogP contribution is 2.36. The molecular formula is C21H20N4O2S. The summed E-state index contributed by atoms with van der Waals surface area (Å²) < 4.78 is 2.11. The molecule has 142 valence electrons. The number of primary amides is 1. The topological polar surface area (TPSA) is 81.2 Å². The molecule has 28 heavy (non-hydrogen) atoms. The number of thiophene rings is 1. The van der Waals surface area contributed by atoms with E-state index in [9.17, 15) is 9.59 Å². The van der Waals surface area contributed by atoms with Crippen molar-refractivity contribution < 1.29 is 9.59 Å². The first-order valence-electron chi connectivity index (χ1n) is 9.44. The number of imidazole rings is 1. The molecule has 2 aliphatic rings. The van der Waals surface area contributed by atoms with Crippen molar-refractivity contribution in [3.05, 3.63) is 64.1 Å². The lowest BCUT2D eigenvalue weighted by atomic mass is 10.1. The summed E-state index contributed by atoms with van der Waals surface area (Å²) in [6, 6.07) is 13.8. The maximum absolute atomic E-state index is 13.1. The SMILES string of the molecule is NC(=O)c1nc(-c2ccccc2)n2c1C[C@@H]1CC[C@H](C2)N1C(=O)c1cccs1. The molecule has 7 heteroatoms. The second-order valence-electron chi connectivity index (χ2n) is 7.35. The molecule has 2 atom stereocenters. The normalized spacial score (nSPS) is 20.6. The smallest absolute Gasteiger partial charge is 0.269 e. The van der Waals surface area contributed by atoms with Crippen LogP contribution < -0.4 is 5.73 Å². The minimum atomic E-state index is -0.514. The van der Waals surface area contributed by atoms with Gasteiger partial charge >= 0.3 is 0 Å². The number of carbonyl (C=O) groups is 2. The summed E-state index contributed by atoms with van der Waals surface area (Å²) in [6.07, 6.45) is 2.50. The van der Waals surface area contributed by atoms with Crippen molar-refractivity contribution in [1.82, 2.24) is 14.5 Å². The number of hydrogen-bond donors (Lipinski definition) is 1. The number of nitrogens with zero attached hydrogens (tertiary/aromatic N) is 3. The summed E-state index contributed by atoms with van der Waals surface area (Å²) >= 11 is 1.47. The van der Waals surface area contributed by atoms with E-state index in [1.165, 1.54) is 11.3 Å². The van der Waals surface area contributed by atoms with Crippen LogP contribution in [-0.4, -0.2) is 38.3 Å². The minimum Gasteiger partial charge on any atom is -0.364 e. The molecule has 0 saturated carbocycles. The average Bonchev–Trinajstić information content (AvgIpc) is 3.40. The second kappa shape index (κ2) is 6.60. The third-order valence-electron chi connectivity index (χ3n) is 5.75. The van der Waals surface area contributed by atoms with Crippen LogP contribution in [-0.2, 0) is 13.0 Å². The Balaban J connectivity index is 1.59. The van der Waals surface area contributed by atoms with E-state index in [0.29, 0.717) is 18.7 Å². The maximum atomic E-state index is 13.1. The Morgan fingerprint density at radius 2 is 1.86 bits per heavy atom. The molecular weight excluding hydrogens is 372 g/mol. The van der Waals surface area contributed by atoms with Crippen LogP contribution in [0.15, 0.2) is 47.8 Å². The summed E-state index contributed by atoms with van der Waals surface area (Å²) in [5, 5.41) is 1.93. The Morgan fingerprint density at radius 3 is 2.57 bits per heavy atom. The van der Waals surface area contributed by atoms with Gasteiger partial charge in [0.15, 0.2) is 0 Å². The number of hydrogen-bond acceptors (Lipinski definition) is 4. The molecule has 0 radical (unpaired) electrons. The van der Waals surface area contributed by atoms with E-state index in [1.54, 1.807) is 0 Å². The lowest BCUT2D eigenvalue weighted by Crippen LogP contribution is -2.41. The van der Waals surface area contributed by atoms with E-state index in [2.05, 4.69) is 9.55 Å². The number of nitrogens with two attached hydrogens (primary N) is 1. The van der Waals surface area contributed by atoms with E-state index in [1.807, 2.05) is 52.7 Å². The van der Waals surface area contributed by atoms with E-state index < -0.39 is 5.91 Å². The fourth-order valence-corrected chi connectivity index (χ4v) is 5.20. The molecule has 0 spiro atoms. The van der Waals surface area contributed by atoms with Crippen molar-refractivity contribution >= 4 is 23.2 Å². The van der Waals surface area contributed by atoms with Gasteiger partial charge in [-0.2, -0.15) is 0 Å². The lowest BCUT2D eigenvalue weighted by molar-refractivity contribution is 0.0671. The standard InChI is InChI=1S/C21H20N4O2S/c22-19(26)18-16-11-14-8-9-15(25(14)21(27)17-7-4-10-28-17)12-24(16)20(23-18)13-5-2-1-3-6-13/h1-7,10,14-15H,8-9,11-12H2,(H2,22,26)/t14-,15+/m0/s1. The first kappa shape index (κ1) is 17.2. The largest absolute Gasteiger partial charge is 0.364 e. The Morgan fingerprint density at radius 1 is 1.07 bits per heavy atom. The minimum absolute atomic E-state index is 0.0688. The van der Waals surface area contributed by atoms with Crippen molar-refractivity contribution in [2.24, 2.45) is 5.73 Å². The Bertz CT molecular complexity index is 1040. The fraction of sp³-hybridized carbons (Fsp3) is 0.286. The third kappa shape index (κ3) is 2.65. The van der Waals surface area contributed by atoms with Crippen LogP contribution in [0.5, 0.6) is 0 Å². The molecule has 3 aromatic rings. The zero-order chi connectivity index (χ0) is 19.3. The molecule has 0 unspecified atom stereocenters. The molecule has 4 heterocycles. The molecule has 1 aromatic carbocycles. The molecule has 0 aliphatic carbocycles. The fourth-order valence-electron chi connectivity index (χ4n) is 4.53. The Labute approximate surface area is 166 Å². The van der Waals surface area contributed by atoms with Crippen LogP contribution in [0.3, 0.4) is 0 Å². The number of rotatable bonds is 3. The van der Waals surface area contributed by atoms with Crippen molar-refractivity contribution in [1.29, 1.82) is 0 Å². The van der Waals surface area contributed by atoms with E-state index in [0.717, 1.165) is 34.8 Å². The maximum Gasteiger partial charge on any atom is 0.269 e. The van der Waals surface area contributed by atoms with Gasteiger partial charge in [-0.3, -0.25) is 9.59 Å². The van der Waals surface area contributed by atoms with Gasteiger partial charge in [0.1, 0.15) is 11.5 Å². The highest BCUT2D eigenvalue weighted by Gasteiger charge is 2.42. The van der Waals surface area contributed by atoms with Gasteiger partial charge in [0.05, 0.1) is 16.6 Å². The zero-order valence-electron chi connectivity index (χ0n) is 15.2. The van der Waals surface area contributed by atoms with Crippen LogP contribution >= 0.6 is 11.3 Å². The Kier molecular flexibility index (Phi) is 4.05. The van der Waals surface area contributed by atoms with Crippen LogP contribution in [0.2, 0.25) is 0 Å². The number of carbonyl (C=O) groups excluding carboxylic acids is 2. The number of aromatic nitrogens is 2. The predicted molar refractivity (Wildman–Crippen MR) is 107 cm³/mol. The molecule has 1 saturated heterocycles. The quantitative estimate of drug-likeness (QED) is 0.744. The van der Waals surface area contributed by atoms with Crippen LogP contribution in [0, 0.1) is 0 Å². The van der Waals surface area contributed by atoms with Gasteiger partial charge in [0.25, 0.3) is 11.8 Å². The van der Waals surface area contributed by atoms with Gasteiger partial charge in [-0.15, -0.1) is 11.3 Å². The van der Waals surface area contributed by atoms with Crippen LogP contribution in [0.4, 0.5) is 0 Å². The molecule has 5 rings (SSSR count). The molecule has 1 fully saturated rings. The van der Waals surface area contributed by atoms with Crippen molar-refractivity contribution in [2.45, 2.75) is 37.9 Å². The summed E-state index contributed by atoms with van der Waals surface area (Å²) in [5.74, 6) is 0.323. The van der Waals surface area contributed by atoms with Gasteiger partial charge in [-0.25, -0.2) is 4.98 Å². The van der Waals surface area contributed by atoms with Gasteiger partial charge < -0.3 is 15.2 Å². The molecule has 2 aromatic heterocycles.